The van der Waals surface area contributed by atoms with Crippen LogP contribution in [0, 0.1) is 0 Å². The van der Waals surface area contributed by atoms with Gasteiger partial charge in [0, 0.05) is 5.75 Å². The Morgan fingerprint density at radius 2 is 2.00 bits per heavy atom. The van der Waals surface area contributed by atoms with Crippen molar-refractivity contribution in [2.45, 2.75) is 13.0 Å². The SMILES string of the molecule is CNS1(CC(C)O)C=CC(c2ccccc2)=C1. The summed E-state index contributed by atoms with van der Waals surface area (Å²) >= 11 is 0. The summed E-state index contributed by atoms with van der Waals surface area (Å²) in [5, 5.41) is 14.1. The average Bonchev–Trinajstić information content (AvgIpc) is 2.74. The Balaban J connectivity index is 2.26. The molecular formula is C14H19NOS. The fourth-order valence-electron chi connectivity index (χ4n) is 2.01. The molecule has 1 aromatic carbocycles. The van der Waals surface area contributed by atoms with Gasteiger partial charge in [-0.2, -0.15) is 0 Å². The van der Waals surface area contributed by atoms with E-state index in [1.54, 1.807) is 0 Å². The van der Waals surface area contributed by atoms with Crippen molar-refractivity contribution in [2.75, 3.05) is 12.8 Å². The van der Waals surface area contributed by atoms with Crippen molar-refractivity contribution in [3.8, 4) is 0 Å². The zero-order chi connectivity index (χ0) is 12.3. The lowest BCUT2D eigenvalue weighted by Crippen LogP contribution is -2.21. The molecule has 0 saturated carbocycles. The van der Waals surface area contributed by atoms with Crippen molar-refractivity contribution in [3.63, 3.8) is 0 Å². The normalized spacial score (nSPS) is 28.5. The average molecular weight is 249 g/mol. The summed E-state index contributed by atoms with van der Waals surface area (Å²) in [7, 11) is 0.826. The summed E-state index contributed by atoms with van der Waals surface area (Å²) in [6.45, 7) is 1.84. The molecule has 2 unspecified atom stereocenters. The Bertz CT molecular complexity index is 439. The predicted molar refractivity (Wildman–Crippen MR) is 76.8 cm³/mol. The zero-order valence-corrected chi connectivity index (χ0v) is 11.1. The van der Waals surface area contributed by atoms with Gasteiger partial charge in [-0.25, -0.2) is 0 Å². The van der Waals surface area contributed by atoms with E-state index in [0.717, 1.165) is 5.75 Å². The third-order valence-corrected chi connectivity index (χ3v) is 5.92. The van der Waals surface area contributed by atoms with Crippen molar-refractivity contribution >= 4 is 15.8 Å². The van der Waals surface area contributed by atoms with E-state index < -0.39 is 10.2 Å². The van der Waals surface area contributed by atoms with Crippen LogP contribution in [0.15, 0.2) is 47.2 Å². The van der Waals surface area contributed by atoms with Gasteiger partial charge in [-0.3, -0.25) is 4.72 Å². The van der Waals surface area contributed by atoms with E-state index in [4.69, 9.17) is 0 Å². The van der Waals surface area contributed by atoms with Crippen molar-refractivity contribution < 1.29 is 5.11 Å². The van der Waals surface area contributed by atoms with Crippen molar-refractivity contribution in [2.24, 2.45) is 0 Å². The second-order valence-corrected chi connectivity index (χ2v) is 7.26. The first-order chi connectivity index (χ1) is 8.15. The summed E-state index contributed by atoms with van der Waals surface area (Å²) in [4.78, 5) is 0. The van der Waals surface area contributed by atoms with Gasteiger partial charge in [-0.1, -0.05) is 30.3 Å². The molecule has 2 atom stereocenters. The fourth-order valence-corrected chi connectivity index (χ4v) is 4.57. The van der Waals surface area contributed by atoms with Gasteiger partial charge < -0.3 is 5.11 Å². The largest absolute Gasteiger partial charge is 0.393 e. The Hall–Kier alpha value is -1.03. The lowest BCUT2D eigenvalue weighted by molar-refractivity contribution is 0.220. The van der Waals surface area contributed by atoms with Crippen LogP contribution in [0.1, 0.15) is 12.5 Å². The molecule has 2 rings (SSSR count). The van der Waals surface area contributed by atoms with Gasteiger partial charge in [0.25, 0.3) is 0 Å². The van der Waals surface area contributed by atoms with Gasteiger partial charge in [0.05, 0.1) is 6.10 Å². The fraction of sp³-hybridized carbons (Fsp3) is 0.286. The van der Waals surface area contributed by atoms with Crippen LogP contribution >= 0.6 is 10.2 Å². The van der Waals surface area contributed by atoms with E-state index in [2.05, 4.69) is 33.7 Å². The van der Waals surface area contributed by atoms with Crippen LogP contribution < -0.4 is 4.72 Å². The minimum Gasteiger partial charge on any atom is -0.393 e. The second-order valence-electron chi connectivity index (χ2n) is 4.31. The number of aliphatic hydroxyl groups is 1. The van der Waals surface area contributed by atoms with Gasteiger partial charge in [-0.15, -0.1) is 10.2 Å². The van der Waals surface area contributed by atoms with E-state index in [1.807, 2.05) is 32.2 Å². The second kappa shape index (κ2) is 5.08. The van der Waals surface area contributed by atoms with Gasteiger partial charge in [0.15, 0.2) is 0 Å². The van der Waals surface area contributed by atoms with Crippen LogP contribution in [0.4, 0.5) is 0 Å². The Labute approximate surface area is 105 Å². The first kappa shape index (κ1) is 12.4. The lowest BCUT2D eigenvalue weighted by Gasteiger charge is -2.32. The molecule has 0 saturated heterocycles. The highest BCUT2D eigenvalue weighted by Crippen LogP contribution is 2.53. The van der Waals surface area contributed by atoms with Crippen LogP contribution in [0.2, 0.25) is 0 Å². The summed E-state index contributed by atoms with van der Waals surface area (Å²) in [5.74, 6) is 0.774. The molecule has 0 amide bonds. The molecule has 0 radical (unpaired) electrons. The molecule has 0 fully saturated rings. The molecule has 3 heteroatoms. The minimum absolute atomic E-state index is 0.284. The number of aliphatic hydroxyl groups excluding tert-OH is 1. The maximum atomic E-state index is 9.58. The molecule has 2 N–H and O–H groups in total. The van der Waals surface area contributed by atoms with Crippen LogP contribution in [0.3, 0.4) is 0 Å². The Morgan fingerprint density at radius 1 is 1.29 bits per heavy atom. The Morgan fingerprint density at radius 3 is 2.59 bits per heavy atom. The summed E-state index contributed by atoms with van der Waals surface area (Å²) in [6.07, 6.45) is 1.87. The number of hydrogen-bond donors (Lipinski definition) is 2. The smallest absolute Gasteiger partial charge is 0.0605 e. The first-order valence-electron chi connectivity index (χ1n) is 5.78. The molecular weight excluding hydrogens is 230 g/mol. The monoisotopic (exact) mass is 249 g/mol. The van der Waals surface area contributed by atoms with E-state index >= 15 is 0 Å². The summed E-state index contributed by atoms with van der Waals surface area (Å²) in [6, 6.07) is 10.4. The maximum Gasteiger partial charge on any atom is 0.0605 e. The highest BCUT2D eigenvalue weighted by atomic mass is 32.3. The van der Waals surface area contributed by atoms with Gasteiger partial charge in [0.2, 0.25) is 0 Å². The van der Waals surface area contributed by atoms with Gasteiger partial charge >= 0.3 is 0 Å². The summed E-state index contributed by atoms with van der Waals surface area (Å²) < 4.78 is 3.37. The molecule has 1 aromatic rings. The molecule has 0 aliphatic carbocycles. The van der Waals surface area contributed by atoms with Crippen molar-refractivity contribution in [3.05, 3.63) is 52.8 Å². The number of nitrogens with one attached hydrogen (secondary N) is 1. The van der Waals surface area contributed by atoms with E-state index in [1.165, 1.54) is 11.1 Å². The van der Waals surface area contributed by atoms with Gasteiger partial charge in [0.1, 0.15) is 0 Å². The third-order valence-electron chi connectivity index (χ3n) is 2.83. The predicted octanol–water partition coefficient (Wildman–Crippen LogP) is 2.87. The number of allylic oxidation sites excluding steroid dienone is 2. The number of benzene rings is 1. The van der Waals surface area contributed by atoms with E-state index in [0.29, 0.717) is 0 Å². The summed E-state index contributed by atoms with van der Waals surface area (Å²) in [5.41, 5.74) is 2.48. The van der Waals surface area contributed by atoms with Crippen molar-refractivity contribution in [1.82, 2.24) is 4.72 Å². The quantitative estimate of drug-likeness (QED) is 0.860. The zero-order valence-electron chi connectivity index (χ0n) is 10.3. The lowest BCUT2D eigenvalue weighted by atomic mass is 10.1. The van der Waals surface area contributed by atoms with Crippen LogP contribution in [0.25, 0.3) is 5.57 Å². The molecule has 0 spiro atoms. The highest BCUT2D eigenvalue weighted by Gasteiger charge is 2.23. The minimum atomic E-state index is -1.14. The first-order valence-corrected chi connectivity index (χ1v) is 7.71. The molecule has 0 bridgehead atoms. The van der Waals surface area contributed by atoms with Crippen LogP contribution in [-0.4, -0.2) is 24.0 Å². The van der Waals surface area contributed by atoms with E-state index in [-0.39, 0.29) is 6.10 Å². The molecule has 0 aromatic heterocycles. The van der Waals surface area contributed by atoms with Crippen LogP contribution in [-0.2, 0) is 0 Å². The van der Waals surface area contributed by atoms with E-state index in [9.17, 15) is 5.11 Å². The molecule has 1 heterocycles. The molecule has 1 aliphatic heterocycles. The number of hydrogen-bond acceptors (Lipinski definition) is 2. The molecule has 1 aliphatic rings. The molecule has 92 valence electrons. The Kier molecular flexibility index (Phi) is 3.72. The van der Waals surface area contributed by atoms with Crippen LogP contribution in [0.5, 0.6) is 0 Å². The van der Waals surface area contributed by atoms with Crippen molar-refractivity contribution in [1.29, 1.82) is 0 Å². The molecule has 2 nitrogen and oxygen atoms in total. The van der Waals surface area contributed by atoms with Gasteiger partial charge in [-0.05, 0) is 42.0 Å². The number of rotatable bonds is 4. The highest BCUT2D eigenvalue weighted by molar-refractivity contribution is 8.37. The topological polar surface area (TPSA) is 32.3 Å². The third kappa shape index (κ3) is 2.80. The standard InChI is InChI=1S/C14H19NOS/c1-12(16)10-17(15-2)9-8-14(11-17)13-6-4-3-5-7-13/h3-9,11-12,15-16H,10H2,1-2H3. The maximum absolute atomic E-state index is 9.58. The molecule has 17 heavy (non-hydrogen) atoms.